The van der Waals surface area contributed by atoms with E-state index in [9.17, 15) is 60.3 Å². The predicted octanol–water partition coefficient (Wildman–Crippen LogP) is 21.5. The smallest absolute Gasteiger partial charge is 0.416 e. The number of amides is 4. The Balaban J connectivity index is 0.000000134. The maximum atomic E-state index is 15.0. The molecular weight excluding hydrogens is 1900 g/mol. The number of anilines is 4. The van der Waals surface area contributed by atoms with Crippen molar-refractivity contribution in [2.75, 3.05) is 21.3 Å². The number of ether oxygens (including phenoxy) is 4. The monoisotopic (exact) mass is 1990 g/mol. The molecule has 0 radical (unpaired) electrons. The summed E-state index contributed by atoms with van der Waals surface area (Å²) in [4.78, 5) is 118. The third kappa shape index (κ3) is 22.5. The number of halogens is 6. The molecule has 20 rings (SSSR count). The second-order valence-electron chi connectivity index (χ2n) is 32.3. The summed E-state index contributed by atoms with van der Waals surface area (Å²) in [5.74, 6) is -0.946. The van der Waals surface area contributed by atoms with E-state index in [2.05, 4.69) is 67.5 Å². The summed E-state index contributed by atoms with van der Waals surface area (Å²) in [6, 6.07) is 88.7. The first-order valence-corrected chi connectivity index (χ1v) is 45.5. The molecule has 0 saturated heterocycles. The molecular formula is C113H84ClF5N16O12. The van der Waals surface area contributed by atoms with Gasteiger partial charge in [0.05, 0.1) is 125 Å². The van der Waals surface area contributed by atoms with Crippen molar-refractivity contribution in [1.29, 1.82) is 0 Å². The highest BCUT2D eigenvalue weighted by Gasteiger charge is 2.33. The standard InChI is InChI=1S/C29H21F3N4O3.C28H20ClFN4O3.C28H21FN4O3.C28H22N4O3/c1-2-27(37)34-20-7-5-8-22(16-20)36-25-14-15-33-17-26(25)35(28(36)38)21-10-12-23(13-11-21)39-18-19-6-3-4-9-24(19)29(30,31)32;1-2-27(35)32-19-7-5-8-20(14-19)33-24-12-13-31-16-25(24)34(28(33)36)21-10-11-26(22(29)15-21)37-17-18-6-3-4-9-23(18)30;1-2-27(34)31-20-9-6-10-21(15-20)32-24-13-14-30-17-25(24)33(28(32)35)22-11-12-26(23(29)16-22)36-18-19-7-4-3-5-8-19;1-2-27(33)30-21-10-6-11-22(16-21)31-25-14-15-29-18-26(25)32(28(31)34)23-12-7-13-24(17-23)35-19-20-8-4-3-5-9-20/h2-17H,1,18H2,(H,34,37);2-16H,1,17H2,(H,32,35);2-17H,1,18H2,(H,31,34);2-18H,1,19H2,(H,30,33). The van der Waals surface area contributed by atoms with Gasteiger partial charge in [-0.1, -0.05) is 165 Å². The normalized spacial score (nSPS) is 11.0. The second-order valence-corrected chi connectivity index (χ2v) is 32.7. The molecule has 0 saturated carbocycles. The number of nitrogens with one attached hydrogen (secondary N) is 4. The topological polar surface area (TPSA) is 313 Å². The Kier molecular flexibility index (Phi) is 30.2. The first-order chi connectivity index (χ1) is 71.4. The molecule has 0 bridgehead atoms. The predicted molar refractivity (Wildman–Crippen MR) is 555 cm³/mol. The molecule has 0 aliphatic rings. The van der Waals surface area contributed by atoms with Crippen molar-refractivity contribution >= 4 is 102 Å². The molecule has 0 aliphatic heterocycles. The van der Waals surface area contributed by atoms with E-state index >= 15 is 0 Å². The number of benzene rings is 12. The van der Waals surface area contributed by atoms with E-state index < -0.39 is 23.2 Å². The van der Waals surface area contributed by atoms with Gasteiger partial charge in [-0.2, -0.15) is 13.2 Å². The van der Waals surface area contributed by atoms with Crippen molar-refractivity contribution < 1.29 is 60.1 Å². The molecule has 147 heavy (non-hydrogen) atoms. The molecule has 28 nitrogen and oxygen atoms in total. The Hall–Kier alpha value is -19.7. The van der Waals surface area contributed by atoms with Gasteiger partial charge in [-0.05, 0) is 211 Å². The van der Waals surface area contributed by atoms with E-state index in [4.69, 9.17) is 30.5 Å². The lowest BCUT2D eigenvalue weighted by Gasteiger charge is -2.13. The van der Waals surface area contributed by atoms with Crippen LogP contribution in [0.1, 0.15) is 27.8 Å². The minimum Gasteiger partial charge on any atom is -0.489 e. The van der Waals surface area contributed by atoms with E-state index in [1.807, 2.05) is 91.0 Å². The van der Waals surface area contributed by atoms with Crippen molar-refractivity contribution in [3.63, 3.8) is 0 Å². The lowest BCUT2D eigenvalue weighted by atomic mass is 10.1. The molecule has 8 aromatic heterocycles. The van der Waals surface area contributed by atoms with Crippen LogP contribution in [0.4, 0.5) is 44.7 Å². The van der Waals surface area contributed by atoms with Gasteiger partial charge in [0.1, 0.15) is 49.5 Å². The summed E-state index contributed by atoms with van der Waals surface area (Å²) in [6.45, 7) is 14.2. The summed E-state index contributed by atoms with van der Waals surface area (Å²) in [5, 5.41) is 11.1. The SMILES string of the molecule is C=CC(=O)Nc1cccc(-n2c(=O)n(-c3ccc(OCc4ccccc4)c(F)c3)c3cnccc32)c1.C=CC(=O)Nc1cccc(-n2c(=O)n(-c3ccc(OCc4ccccc4C(F)(F)F)cc3)c3cnccc32)c1.C=CC(=O)Nc1cccc(-n2c(=O)n(-c3ccc(OCc4ccccc4F)c(Cl)c3)c3cnccc32)c1.C=CC(=O)Nc1cccc(-n2c(=O)n(-c3cccc(OCc4ccccc4)c3)c3cnccc32)c1. The number of alkyl halides is 3. The molecule has 4 N–H and O–H groups in total. The van der Waals surface area contributed by atoms with Gasteiger partial charge in [-0.15, -0.1) is 0 Å². The number of hydrogen-bond donors (Lipinski definition) is 4. The number of aromatic nitrogens is 12. The zero-order chi connectivity index (χ0) is 103. The maximum Gasteiger partial charge on any atom is 0.416 e. The summed E-state index contributed by atoms with van der Waals surface area (Å²) in [5.41, 5.74) is 11.3. The van der Waals surface area contributed by atoms with Gasteiger partial charge in [0.2, 0.25) is 23.6 Å². The van der Waals surface area contributed by atoms with Gasteiger partial charge in [-0.25, -0.2) is 28.0 Å². The fraction of sp³-hybridized carbons (Fsp3) is 0.0442. The van der Waals surface area contributed by atoms with Gasteiger partial charge < -0.3 is 40.2 Å². The number of carbonyl (C=O) groups excluding carboxylic acids is 4. The summed E-state index contributed by atoms with van der Waals surface area (Å²) in [6.07, 6.45) is 13.0. The molecule has 12 aromatic carbocycles. The fourth-order valence-corrected chi connectivity index (χ4v) is 16.3. The van der Waals surface area contributed by atoms with Gasteiger partial charge >= 0.3 is 28.9 Å². The van der Waals surface area contributed by atoms with Crippen LogP contribution in [-0.4, -0.2) is 80.1 Å². The Morgan fingerprint density at radius 2 is 0.619 bits per heavy atom. The largest absolute Gasteiger partial charge is 0.489 e. The van der Waals surface area contributed by atoms with Gasteiger partial charge in [0.15, 0.2) is 11.6 Å². The minimum absolute atomic E-state index is 0.00759. The van der Waals surface area contributed by atoms with Crippen LogP contribution in [0.3, 0.4) is 0 Å². The molecule has 34 heteroatoms. The molecule has 0 atom stereocenters. The summed E-state index contributed by atoms with van der Waals surface area (Å²) >= 11 is 6.49. The number of nitrogens with zero attached hydrogens (tertiary/aromatic N) is 12. The number of pyridine rings is 4. The number of imidazole rings is 4. The first kappa shape index (κ1) is 98.9. The van der Waals surface area contributed by atoms with Crippen molar-refractivity contribution in [3.8, 4) is 68.5 Å². The highest BCUT2D eigenvalue weighted by molar-refractivity contribution is 6.32. The average Bonchev–Trinajstić information content (AvgIpc) is 1.94. The molecule has 0 aliphatic carbocycles. The Labute approximate surface area is 838 Å². The quantitative estimate of drug-likeness (QED) is 0.0262. The van der Waals surface area contributed by atoms with Crippen LogP contribution in [0.25, 0.3) is 89.6 Å². The average molecular weight is 1990 g/mol. The highest BCUT2D eigenvalue weighted by Crippen LogP contribution is 2.36. The lowest BCUT2D eigenvalue weighted by Crippen LogP contribution is -2.22. The van der Waals surface area contributed by atoms with E-state index in [1.165, 1.54) is 76.0 Å². The number of carbonyl (C=O) groups is 4. The van der Waals surface area contributed by atoms with Crippen molar-refractivity contribution in [2.24, 2.45) is 0 Å². The van der Waals surface area contributed by atoms with Crippen LogP contribution in [0.5, 0.6) is 23.0 Å². The van der Waals surface area contributed by atoms with Crippen LogP contribution >= 0.6 is 11.6 Å². The molecule has 20 aromatic rings. The Morgan fingerprint density at radius 3 is 1.01 bits per heavy atom. The minimum atomic E-state index is -4.48. The first-order valence-electron chi connectivity index (χ1n) is 45.1. The molecule has 0 unspecified atom stereocenters. The molecule has 0 spiro atoms. The van der Waals surface area contributed by atoms with Crippen LogP contribution in [0, 0.1) is 11.6 Å². The highest BCUT2D eigenvalue weighted by atomic mass is 35.5. The fourth-order valence-electron chi connectivity index (χ4n) is 16.1. The van der Waals surface area contributed by atoms with Crippen LogP contribution < -0.4 is 63.0 Å². The van der Waals surface area contributed by atoms with Gasteiger partial charge in [0, 0.05) is 70.8 Å². The number of fused-ring (bicyclic) bond motifs is 4. The Bertz CT molecular complexity index is 8670. The van der Waals surface area contributed by atoms with Crippen LogP contribution in [0.15, 0.2) is 435 Å². The summed E-state index contributed by atoms with van der Waals surface area (Å²) < 4.78 is 104. The van der Waals surface area contributed by atoms with Crippen LogP contribution in [-0.2, 0) is 51.8 Å². The van der Waals surface area contributed by atoms with Crippen molar-refractivity contribution in [3.05, 3.63) is 502 Å². The Morgan fingerprint density at radius 1 is 0.299 bits per heavy atom. The van der Waals surface area contributed by atoms with Crippen molar-refractivity contribution in [1.82, 2.24) is 56.5 Å². The third-order valence-corrected chi connectivity index (χ3v) is 23.2. The molecule has 4 amide bonds. The second kappa shape index (κ2) is 44.8. The van der Waals surface area contributed by atoms with Crippen LogP contribution in [0.2, 0.25) is 5.02 Å². The van der Waals surface area contributed by atoms with E-state index in [-0.39, 0.29) is 82.7 Å². The maximum absolute atomic E-state index is 15.0. The zero-order valence-electron chi connectivity index (χ0n) is 77.6. The zero-order valence-corrected chi connectivity index (χ0v) is 78.4. The van der Waals surface area contributed by atoms with E-state index in [1.54, 1.807) is 241 Å². The van der Waals surface area contributed by atoms with Gasteiger partial charge in [-0.3, -0.25) is 75.7 Å². The lowest BCUT2D eigenvalue weighted by molar-refractivity contribution is -0.138. The van der Waals surface area contributed by atoms with Crippen molar-refractivity contribution in [2.45, 2.75) is 32.6 Å². The van der Waals surface area contributed by atoms with Gasteiger partial charge in [0.25, 0.3) is 0 Å². The number of rotatable bonds is 28. The molecule has 730 valence electrons. The van der Waals surface area contributed by atoms with E-state index in [0.717, 1.165) is 29.3 Å². The summed E-state index contributed by atoms with van der Waals surface area (Å²) in [7, 11) is 0. The molecule has 0 fully saturated rings. The van der Waals surface area contributed by atoms with E-state index in [0.29, 0.717) is 142 Å². The number of hydrogen-bond acceptors (Lipinski definition) is 16. The molecule has 8 heterocycles. The third-order valence-electron chi connectivity index (χ3n) is 22.9.